The fraction of sp³-hybridized carbons (Fsp3) is 0.250. The third-order valence-corrected chi connectivity index (χ3v) is 3.63. The number of hydrogen-bond acceptors (Lipinski definition) is 2. The Morgan fingerprint density at radius 2 is 1.90 bits per heavy atom. The van der Waals surface area contributed by atoms with Gasteiger partial charge in [0.25, 0.3) is 0 Å². The van der Waals surface area contributed by atoms with Crippen LogP contribution in [0, 0.1) is 0 Å². The van der Waals surface area contributed by atoms with Gasteiger partial charge in [0.15, 0.2) is 0 Å². The van der Waals surface area contributed by atoms with Gasteiger partial charge in [-0.15, -0.1) is 16.7 Å². The minimum Gasteiger partial charge on any atom is -0.248 e. The lowest BCUT2D eigenvalue weighted by Crippen LogP contribution is -2.01. The van der Waals surface area contributed by atoms with Crippen LogP contribution in [0.2, 0.25) is 0 Å². The van der Waals surface area contributed by atoms with Gasteiger partial charge in [-0.1, -0.05) is 47.7 Å². The number of benzene rings is 2. The highest BCUT2D eigenvalue weighted by Crippen LogP contribution is 2.19. The largest absolute Gasteiger partial charge is 0.248 e. The van der Waals surface area contributed by atoms with E-state index in [0.29, 0.717) is 5.88 Å². The number of aryl methyl sites for hydroxylation is 1. The molecular formula is C16H16ClN3. The Morgan fingerprint density at radius 1 is 1.05 bits per heavy atom. The van der Waals surface area contributed by atoms with Crippen molar-refractivity contribution in [2.45, 2.75) is 19.4 Å². The zero-order valence-corrected chi connectivity index (χ0v) is 11.9. The van der Waals surface area contributed by atoms with Crippen LogP contribution in [0.4, 0.5) is 0 Å². The van der Waals surface area contributed by atoms with Gasteiger partial charge in [0.05, 0.1) is 12.2 Å². The minimum absolute atomic E-state index is 0.663. The molecule has 2 aromatic carbocycles. The van der Waals surface area contributed by atoms with Crippen LogP contribution in [0.1, 0.15) is 17.7 Å². The molecular weight excluding hydrogens is 270 g/mol. The van der Waals surface area contributed by atoms with E-state index in [1.807, 2.05) is 10.9 Å². The summed E-state index contributed by atoms with van der Waals surface area (Å²) >= 11 is 5.70. The first-order chi connectivity index (χ1) is 9.86. The van der Waals surface area contributed by atoms with Gasteiger partial charge in [-0.25, -0.2) is 4.68 Å². The Kier molecular flexibility index (Phi) is 3.97. The molecule has 0 N–H and O–H groups in total. The molecule has 0 amide bonds. The average Bonchev–Trinajstić information content (AvgIpc) is 2.93. The number of fused-ring (bicyclic) bond motifs is 1. The standard InChI is InChI=1S/C16H16ClN3/c17-10-4-8-15-12-20(19-18-15)11-14-7-3-6-13-5-1-2-9-16(13)14/h1-3,5-7,9,12H,4,8,10-11H2. The summed E-state index contributed by atoms with van der Waals surface area (Å²) in [4.78, 5) is 0. The van der Waals surface area contributed by atoms with Crippen LogP contribution in [-0.4, -0.2) is 20.9 Å². The van der Waals surface area contributed by atoms with Crippen LogP contribution in [0.15, 0.2) is 48.7 Å². The van der Waals surface area contributed by atoms with Gasteiger partial charge in [-0.3, -0.25) is 0 Å². The fourth-order valence-corrected chi connectivity index (χ4v) is 2.52. The number of alkyl halides is 1. The summed E-state index contributed by atoms with van der Waals surface area (Å²) in [5.41, 5.74) is 2.27. The van der Waals surface area contributed by atoms with E-state index in [0.717, 1.165) is 25.1 Å². The summed E-state index contributed by atoms with van der Waals surface area (Å²) in [5.74, 6) is 0.663. The van der Waals surface area contributed by atoms with E-state index in [-0.39, 0.29) is 0 Å². The second-order valence-corrected chi connectivity index (χ2v) is 5.22. The molecule has 20 heavy (non-hydrogen) atoms. The molecule has 0 unspecified atom stereocenters. The Hall–Kier alpha value is -1.87. The number of nitrogens with zero attached hydrogens (tertiary/aromatic N) is 3. The highest BCUT2D eigenvalue weighted by atomic mass is 35.5. The quantitative estimate of drug-likeness (QED) is 0.670. The summed E-state index contributed by atoms with van der Waals surface area (Å²) in [6.07, 6.45) is 3.84. The van der Waals surface area contributed by atoms with Crippen molar-refractivity contribution in [1.82, 2.24) is 15.0 Å². The molecule has 0 aliphatic carbocycles. The summed E-state index contributed by atoms with van der Waals surface area (Å²) < 4.78 is 1.89. The fourth-order valence-electron chi connectivity index (χ4n) is 2.38. The Bertz CT molecular complexity index is 700. The van der Waals surface area contributed by atoms with Crippen molar-refractivity contribution in [3.8, 4) is 0 Å². The van der Waals surface area contributed by atoms with Gasteiger partial charge in [0.1, 0.15) is 0 Å². The molecule has 0 fully saturated rings. The normalized spacial score (nSPS) is 11.1. The lowest BCUT2D eigenvalue weighted by Gasteiger charge is -2.05. The second kappa shape index (κ2) is 6.06. The highest BCUT2D eigenvalue weighted by Gasteiger charge is 2.04. The summed E-state index contributed by atoms with van der Waals surface area (Å²) in [7, 11) is 0. The molecule has 0 radical (unpaired) electrons. The van der Waals surface area contributed by atoms with Crippen molar-refractivity contribution in [3.63, 3.8) is 0 Å². The Labute approximate surface area is 123 Å². The van der Waals surface area contributed by atoms with Crippen LogP contribution < -0.4 is 0 Å². The number of aromatic nitrogens is 3. The van der Waals surface area contributed by atoms with Crippen molar-refractivity contribution >= 4 is 22.4 Å². The highest BCUT2D eigenvalue weighted by molar-refractivity contribution is 6.17. The van der Waals surface area contributed by atoms with Crippen LogP contribution in [-0.2, 0) is 13.0 Å². The molecule has 0 spiro atoms. The minimum atomic E-state index is 0.663. The topological polar surface area (TPSA) is 30.7 Å². The monoisotopic (exact) mass is 285 g/mol. The zero-order chi connectivity index (χ0) is 13.8. The third-order valence-electron chi connectivity index (χ3n) is 3.36. The Balaban J connectivity index is 1.84. The van der Waals surface area contributed by atoms with Crippen LogP contribution in [0.3, 0.4) is 0 Å². The lowest BCUT2D eigenvalue weighted by atomic mass is 10.0. The van der Waals surface area contributed by atoms with Crippen molar-refractivity contribution in [1.29, 1.82) is 0 Å². The zero-order valence-electron chi connectivity index (χ0n) is 11.2. The molecule has 102 valence electrons. The first-order valence-corrected chi connectivity index (χ1v) is 7.32. The Morgan fingerprint density at radius 3 is 2.80 bits per heavy atom. The van der Waals surface area contributed by atoms with E-state index in [1.165, 1.54) is 16.3 Å². The molecule has 3 nitrogen and oxygen atoms in total. The van der Waals surface area contributed by atoms with Gasteiger partial charge in [-0.05, 0) is 29.2 Å². The molecule has 0 bridgehead atoms. The second-order valence-electron chi connectivity index (χ2n) is 4.84. The van der Waals surface area contributed by atoms with Gasteiger partial charge in [0, 0.05) is 12.1 Å². The van der Waals surface area contributed by atoms with Gasteiger partial charge < -0.3 is 0 Å². The van der Waals surface area contributed by atoms with Crippen LogP contribution in [0.25, 0.3) is 10.8 Å². The van der Waals surface area contributed by atoms with E-state index in [2.05, 4.69) is 52.8 Å². The van der Waals surface area contributed by atoms with E-state index < -0.39 is 0 Å². The maximum atomic E-state index is 5.70. The molecule has 4 heteroatoms. The van der Waals surface area contributed by atoms with Crippen molar-refractivity contribution in [2.24, 2.45) is 0 Å². The molecule has 0 saturated carbocycles. The lowest BCUT2D eigenvalue weighted by molar-refractivity contribution is 0.651. The molecule has 3 aromatic rings. The van der Waals surface area contributed by atoms with Gasteiger partial charge in [-0.2, -0.15) is 0 Å². The van der Waals surface area contributed by atoms with Crippen molar-refractivity contribution in [3.05, 3.63) is 59.9 Å². The molecule has 1 heterocycles. The third kappa shape index (κ3) is 2.83. The molecule has 3 rings (SSSR count). The molecule has 0 aliphatic rings. The van der Waals surface area contributed by atoms with Crippen LogP contribution >= 0.6 is 11.6 Å². The van der Waals surface area contributed by atoms with Crippen LogP contribution in [0.5, 0.6) is 0 Å². The first-order valence-electron chi connectivity index (χ1n) is 6.78. The van der Waals surface area contributed by atoms with E-state index in [9.17, 15) is 0 Å². The van der Waals surface area contributed by atoms with Crippen molar-refractivity contribution in [2.75, 3.05) is 5.88 Å². The smallest absolute Gasteiger partial charge is 0.0827 e. The SMILES string of the molecule is ClCCCc1cn(Cc2cccc3ccccc23)nn1. The predicted octanol–water partition coefficient (Wildman–Crippen LogP) is 3.65. The first kappa shape index (κ1) is 13.1. The summed E-state index contributed by atoms with van der Waals surface area (Å²) in [5, 5.41) is 10.9. The number of rotatable bonds is 5. The number of hydrogen-bond donors (Lipinski definition) is 0. The average molecular weight is 286 g/mol. The van der Waals surface area contributed by atoms with Crippen molar-refractivity contribution < 1.29 is 0 Å². The molecule has 0 atom stereocenters. The van der Waals surface area contributed by atoms with Gasteiger partial charge >= 0.3 is 0 Å². The maximum Gasteiger partial charge on any atom is 0.0827 e. The molecule has 0 aliphatic heterocycles. The van der Waals surface area contributed by atoms with Gasteiger partial charge in [0.2, 0.25) is 0 Å². The summed E-state index contributed by atoms with van der Waals surface area (Å²) in [6.45, 7) is 0.745. The summed E-state index contributed by atoms with van der Waals surface area (Å²) in [6, 6.07) is 14.8. The van der Waals surface area contributed by atoms with E-state index in [1.54, 1.807) is 0 Å². The van der Waals surface area contributed by atoms with E-state index in [4.69, 9.17) is 11.6 Å². The molecule has 1 aromatic heterocycles. The molecule has 0 saturated heterocycles. The van der Waals surface area contributed by atoms with E-state index >= 15 is 0 Å². The number of halogens is 1. The maximum absolute atomic E-state index is 5.70. The predicted molar refractivity (Wildman–Crippen MR) is 82.1 cm³/mol.